The van der Waals surface area contributed by atoms with Crippen molar-refractivity contribution in [1.82, 2.24) is 45.4 Å². The van der Waals surface area contributed by atoms with E-state index in [1.54, 1.807) is 24.5 Å². The second-order valence-electron chi connectivity index (χ2n) is 17.1. The van der Waals surface area contributed by atoms with Crippen LogP contribution >= 0.6 is 0 Å². The molecule has 13 heteroatoms. The molecule has 2 fully saturated rings. The lowest BCUT2D eigenvalue weighted by Crippen LogP contribution is -2.51. The number of H-pyrrole nitrogens is 2. The van der Waals surface area contributed by atoms with Crippen LogP contribution in [0.3, 0.4) is 0 Å². The minimum absolute atomic E-state index is 0.100. The van der Waals surface area contributed by atoms with E-state index in [0.29, 0.717) is 18.7 Å². The van der Waals surface area contributed by atoms with Gasteiger partial charge in [-0.2, -0.15) is 0 Å². The molecule has 4 atom stereocenters. The number of nitrogens with zero attached hydrogens (tertiary/aromatic N) is 5. The van der Waals surface area contributed by atoms with Crippen LogP contribution in [0.4, 0.5) is 4.79 Å². The summed E-state index contributed by atoms with van der Waals surface area (Å²) in [7, 11) is 1.30. The van der Waals surface area contributed by atoms with Crippen molar-refractivity contribution >= 4 is 28.7 Å². The Hall–Kier alpha value is -7.12. The lowest BCUT2D eigenvalue weighted by atomic mass is 9.98. The van der Waals surface area contributed by atoms with Gasteiger partial charge in [0.1, 0.15) is 17.7 Å². The molecular weight excluding hydrogens is 803 g/mol. The van der Waals surface area contributed by atoms with Crippen LogP contribution in [0.1, 0.15) is 85.2 Å². The summed E-state index contributed by atoms with van der Waals surface area (Å²) in [5, 5.41) is 8.21. The fraction of sp³-hybridized carbons (Fsp3) is 0.294. The molecule has 0 radical (unpaired) electrons. The molecule has 9 rings (SSSR count). The summed E-state index contributed by atoms with van der Waals surface area (Å²) in [5.41, 5.74) is 7.76. The van der Waals surface area contributed by atoms with Crippen molar-refractivity contribution in [3.8, 4) is 33.6 Å². The Morgan fingerprint density at radius 2 is 1.36 bits per heavy atom. The number of methoxy groups -OCH3 is 1. The van der Waals surface area contributed by atoms with Crippen LogP contribution in [0.15, 0.2) is 128 Å². The highest BCUT2D eigenvalue weighted by atomic mass is 16.5. The number of hydrogen-bond donors (Lipinski definition) is 4. The normalized spacial score (nSPS) is 17.4. The van der Waals surface area contributed by atoms with E-state index in [2.05, 4.69) is 103 Å². The summed E-state index contributed by atoms with van der Waals surface area (Å²) in [4.78, 5) is 64.0. The van der Waals surface area contributed by atoms with Crippen molar-refractivity contribution in [2.45, 2.75) is 63.7 Å². The minimum atomic E-state index is -0.683. The Kier molecular flexibility index (Phi) is 12.3. The number of nitrogens with one attached hydrogen (secondary N) is 4. The van der Waals surface area contributed by atoms with Crippen LogP contribution in [0.2, 0.25) is 0 Å². The highest BCUT2D eigenvalue weighted by Gasteiger charge is 2.37. The molecule has 2 aliphatic heterocycles. The van der Waals surface area contributed by atoms with E-state index in [1.807, 2.05) is 49.3 Å². The molecule has 0 aliphatic carbocycles. The van der Waals surface area contributed by atoms with E-state index < -0.39 is 12.1 Å². The molecule has 7 aromatic rings. The predicted molar refractivity (Wildman–Crippen MR) is 247 cm³/mol. The molecular formula is C51H53N9O4. The number of hydrogen-bond acceptors (Lipinski definition) is 8. The number of alkyl carbamates (subject to hydrolysis) is 1. The SMILES string of the molecule is COC(=O)N[C@H](C(=O)N1CCC[C@H]1c1ncc(-c2ccc3cc(-c4ccc(-c5cnc(C6CCCN6C[C@H](NC(=O)c6cccnc6)c6ccccc6)[nH]5)cc4)ccc3c2)[nH]1)C(C)C. The lowest BCUT2D eigenvalue weighted by molar-refractivity contribution is -0.135. The topological polar surface area (TPSA) is 161 Å². The molecule has 326 valence electrons. The van der Waals surface area contributed by atoms with Crippen molar-refractivity contribution in [2.75, 3.05) is 26.7 Å². The maximum atomic E-state index is 13.6. The van der Waals surface area contributed by atoms with Gasteiger partial charge < -0.3 is 30.2 Å². The zero-order chi connectivity index (χ0) is 44.2. The molecule has 13 nitrogen and oxygen atoms in total. The molecule has 2 saturated heterocycles. The molecule has 5 heterocycles. The quantitative estimate of drug-likeness (QED) is 0.0894. The lowest BCUT2D eigenvalue weighted by Gasteiger charge is -2.30. The number of imidazole rings is 2. The number of benzene rings is 4. The molecule has 0 saturated carbocycles. The van der Waals surface area contributed by atoms with Gasteiger partial charge in [0.25, 0.3) is 5.91 Å². The first kappa shape index (κ1) is 42.2. The first-order chi connectivity index (χ1) is 31.2. The van der Waals surface area contributed by atoms with Crippen LogP contribution in [0.5, 0.6) is 0 Å². The number of carbonyl (C=O) groups is 3. The van der Waals surface area contributed by atoms with Gasteiger partial charge in [0.15, 0.2) is 0 Å². The molecule has 3 aromatic heterocycles. The van der Waals surface area contributed by atoms with Gasteiger partial charge in [-0.3, -0.25) is 19.5 Å². The van der Waals surface area contributed by atoms with Crippen LogP contribution < -0.4 is 10.6 Å². The average molecular weight is 856 g/mol. The molecule has 4 aromatic carbocycles. The van der Waals surface area contributed by atoms with E-state index in [1.165, 1.54) is 7.11 Å². The third-order valence-electron chi connectivity index (χ3n) is 12.6. The van der Waals surface area contributed by atoms with Crippen molar-refractivity contribution < 1.29 is 19.1 Å². The Morgan fingerprint density at radius 3 is 2.06 bits per heavy atom. The number of aromatic amines is 2. The number of aromatic nitrogens is 5. The monoisotopic (exact) mass is 855 g/mol. The highest BCUT2D eigenvalue weighted by Crippen LogP contribution is 2.36. The second kappa shape index (κ2) is 18.7. The minimum Gasteiger partial charge on any atom is -0.453 e. The number of ether oxygens (including phenoxy) is 1. The fourth-order valence-electron chi connectivity index (χ4n) is 9.18. The predicted octanol–water partition coefficient (Wildman–Crippen LogP) is 9.03. The van der Waals surface area contributed by atoms with Gasteiger partial charge in [-0.15, -0.1) is 0 Å². The average Bonchev–Trinajstić information content (AvgIpc) is 4.19. The summed E-state index contributed by atoms with van der Waals surface area (Å²) >= 11 is 0. The molecule has 4 N–H and O–H groups in total. The standard InChI is InChI=1S/C51H53N9O4/c1-32(2)46(58-51(63)64-3)50(62)60-25-9-14-45(60)48-54-30-42(56-48)39-22-21-37-26-36(19-20-38(37)27-39)33-15-17-35(18-16-33)41-29-53-47(55-41)44-13-8-24-59(44)31-43(34-10-5-4-6-11-34)57-49(61)40-12-7-23-52-28-40/h4-7,10-12,15-23,26-30,32,43-46H,8-9,13-14,24-25,31H2,1-3H3,(H,53,55)(H,54,56)(H,57,61)(H,58,63)/t43-,44?,45-,46-/m0/s1. The summed E-state index contributed by atoms with van der Waals surface area (Å²) < 4.78 is 4.78. The Morgan fingerprint density at radius 1 is 0.719 bits per heavy atom. The van der Waals surface area contributed by atoms with Crippen molar-refractivity contribution in [1.29, 1.82) is 0 Å². The number of amides is 3. The Bertz CT molecular complexity index is 2730. The third-order valence-corrected chi connectivity index (χ3v) is 12.6. The first-order valence-electron chi connectivity index (χ1n) is 22.1. The fourth-order valence-corrected chi connectivity index (χ4v) is 9.18. The van der Waals surface area contributed by atoms with Gasteiger partial charge >= 0.3 is 6.09 Å². The highest BCUT2D eigenvalue weighted by molar-refractivity contribution is 5.94. The van der Waals surface area contributed by atoms with Gasteiger partial charge in [0.05, 0.1) is 54.6 Å². The zero-order valence-electron chi connectivity index (χ0n) is 36.3. The summed E-state index contributed by atoms with van der Waals surface area (Å²) in [5.74, 6) is 1.30. The molecule has 64 heavy (non-hydrogen) atoms. The summed E-state index contributed by atoms with van der Waals surface area (Å²) in [6.07, 6.45) is 10.1. The smallest absolute Gasteiger partial charge is 0.407 e. The zero-order valence-corrected chi connectivity index (χ0v) is 36.3. The van der Waals surface area contributed by atoms with Gasteiger partial charge in [0.2, 0.25) is 5.91 Å². The summed E-state index contributed by atoms with van der Waals surface area (Å²) in [6, 6.07) is 34.2. The van der Waals surface area contributed by atoms with Crippen LogP contribution in [0.25, 0.3) is 44.4 Å². The largest absolute Gasteiger partial charge is 0.453 e. The number of carbonyl (C=O) groups excluding carboxylic acids is 3. The Balaban J connectivity index is 0.860. The van der Waals surface area contributed by atoms with Crippen LogP contribution in [-0.4, -0.2) is 85.4 Å². The molecule has 0 spiro atoms. The van der Waals surface area contributed by atoms with Crippen LogP contribution in [-0.2, 0) is 9.53 Å². The van der Waals surface area contributed by atoms with E-state index >= 15 is 0 Å². The van der Waals surface area contributed by atoms with E-state index in [4.69, 9.17) is 14.7 Å². The summed E-state index contributed by atoms with van der Waals surface area (Å²) in [6.45, 7) is 6.00. The maximum Gasteiger partial charge on any atom is 0.407 e. The van der Waals surface area contributed by atoms with Gasteiger partial charge in [0, 0.05) is 31.0 Å². The second-order valence-corrected chi connectivity index (χ2v) is 17.1. The number of rotatable bonds is 13. The van der Waals surface area contributed by atoms with E-state index in [0.717, 1.165) is 93.9 Å². The molecule has 0 bridgehead atoms. The van der Waals surface area contributed by atoms with Gasteiger partial charge in [-0.05, 0) is 95.4 Å². The van der Waals surface area contributed by atoms with Crippen molar-refractivity contribution in [3.63, 3.8) is 0 Å². The maximum absolute atomic E-state index is 13.6. The van der Waals surface area contributed by atoms with Crippen molar-refractivity contribution in [3.05, 3.63) is 151 Å². The van der Waals surface area contributed by atoms with Crippen LogP contribution in [0, 0.1) is 5.92 Å². The molecule has 1 unspecified atom stereocenters. The first-order valence-corrected chi connectivity index (χ1v) is 22.1. The third kappa shape index (κ3) is 9.02. The molecule has 3 amide bonds. The van der Waals surface area contributed by atoms with E-state index in [9.17, 15) is 14.4 Å². The molecule has 2 aliphatic rings. The number of pyridine rings is 1. The Labute approximate surface area is 372 Å². The van der Waals surface area contributed by atoms with E-state index in [-0.39, 0.29) is 35.9 Å². The van der Waals surface area contributed by atoms with Gasteiger partial charge in [-0.25, -0.2) is 14.8 Å². The van der Waals surface area contributed by atoms with Crippen molar-refractivity contribution in [2.24, 2.45) is 5.92 Å². The number of likely N-dealkylation sites (tertiary alicyclic amines) is 2. The van der Waals surface area contributed by atoms with Gasteiger partial charge in [-0.1, -0.05) is 92.7 Å². The number of fused-ring (bicyclic) bond motifs is 1.